The van der Waals surface area contributed by atoms with E-state index in [1.807, 2.05) is 19.0 Å². The van der Waals surface area contributed by atoms with E-state index in [9.17, 15) is 9.90 Å². The van der Waals surface area contributed by atoms with Gasteiger partial charge in [-0.15, -0.1) is 0 Å². The fourth-order valence-electron chi connectivity index (χ4n) is 0.869. The van der Waals surface area contributed by atoms with Crippen molar-refractivity contribution in [1.29, 1.82) is 0 Å². The number of amides is 1. The van der Waals surface area contributed by atoms with Gasteiger partial charge in [0.15, 0.2) is 0 Å². The summed E-state index contributed by atoms with van der Waals surface area (Å²) in [6.07, 6.45) is -1.09. The second-order valence-electron chi connectivity index (χ2n) is 2.99. The van der Waals surface area contributed by atoms with Crippen LogP contribution in [0.1, 0.15) is 6.92 Å². The Morgan fingerprint density at radius 3 is 2.54 bits per heavy atom. The molecular formula is C8H17N2O3. The Bertz CT molecular complexity index is 150. The maximum atomic E-state index is 10.9. The van der Waals surface area contributed by atoms with Crippen LogP contribution in [-0.4, -0.2) is 50.9 Å². The SMILES string of the molecule is CCNC(=O)OC(C[O])CN(C)C. The molecule has 0 aromatic rings. The molecule has 0 spiro atoms. The summed E-state index contributed by atoms with van der Waals surface area (Å²) in [5.74, 6) is 0. The lowest BCUT2D eigenvalue weighted by Crippen LogP contribution is -2.36. The third kappa shape index (κ3) is 6.36. The van der Waals surface area contributed by atoms with Crippen LogP contribution in [0.5, 0.6) is 0 Å². The Hall–Kier alpha value is -0.810. The predicted octanol–water partition coefficient (Wildman–Crippen LogP) is 0.0932. The molecular weight excluding hydrogens is 172 g/mol. The van der Waals surface area contributed by atoms with Gasteiger partial charge in [0.25, 0.3) is 0 Å². The fraction of sp³-hybridized carbons (Fsp3) is 0.875. The first-order chi connectivity index (χ1) is 6.10. The number of hydrogen-bond donors (Lipinski definition) is 1. The van der Waals surface area contributed by atoms with E-state index in [2.05, 4.69) is 5.32 Å². The van der Waals surface area contributed by atoms with Crippen molar-refractivity contribution in [3.63, 3.8) is 0 Å². The molecule has 0 fully saturated rings. The summed E-state index contributed by atoms with van der Waals surface area (Å²) in [6, 6.07) is 0. The Morgan fingerprint density at radius 1 is 1.54 bits per heavy atom. The number of rotatable bonds is 5. The molecule has 5 heteroatoms. The van der Waals surface area contributed by atoms with Crippen LogP contribution < -0.4 is 5.32 Å². The average Bonchev–Trinajstić information content (AvgIpc) is 2.02. The zero-order chi connectivity index (χ0) is 10.3. The third-order valence-electron chi connectivity index (χ3n) is 1.35. The van der Waals surface area contributed by atoms with E-state index in [4.69, 9.17) is 4.74 Å². The smallest absolute Gasteiger partial charge is 0.407 e. The number of carbonyl (C=O) groups excluding carboxylic acids is 1. The first-order valence-electron chi connectivity index (χ1n) is 4.27. The minimum absolute atomic E-state index is 0.407. The largest absolute Gasteiger partial charge is 0.442 e. The van der Waals surface area contributed by atoms with E-state index in [0.717, 1.165) is 0 Å². The van der Waals surface area contributed by atoms with Gasteiger partial charge < -0.3 is 15.0 Å². The quantitative estimate of drug-likeness (QED) is 0.667. The Kier molecular flexibility index (Phi) is 6.26. The van der Waals surface area contributed by atoms with Crippen molar-refractivity contribution in [2.75, 3.05) is 33.8 Å². The average molecular weight is 189 g/mol. The molecule has 13 heavy (non-hydrogen) atoms. The van der Waals surface area contributed by atoms with Crippen molar-refractivity contribution < 1.29 is 14.6 Å². The number of carbonyl (C=O) groups is 1. The lowest BCUT2D eigenvalue weighted by atomic mass is 10.3. The maximum Gasteiger partial charge on any atom is 0.407 e. The van der Waals surface area contributed by atoms with E-state index in [-0.39, 0.29) is 0 Å². The molecule has 1 unspecified atom stereocenters. The van der Waals surface area contributed by atoms with Gasteiger partial charge in [-0.3, -0.25) is 0 Å². The van der Waals surface area contributed by atoms with Crippen molar-refractivity contribution in [2.24, 2.45) is 0 Å². The van der Waals surface area contributed by atoms with E-state index in [1.165, 1.54) is 0 Å². The van der Waals surface area contributed by atoms with Gasteiger partial charge in [-0.25, -0.2) is 9.90 Å². The zero-order valence-corrected chi connectivity index (χ0v) is 8.37. The first kappa shape index (κ1) is 12.2. The van der Waals surface area contributed by atoms with Crippen molar-refractivity contribution in [2.45, 2.75) is 13.0 Å². The van der Waals surface area contributed by atoms with E-state index in [1.54, 1.807) is 6.92 Å². The van der Waals surface area contributed by atoms with Gasteiger partial charge in [0.2, 0.25) is 0 Å². The normalized spacial score (nSPS) is 12.7. The van der Waals surface area contributed by atoms with Crippen LogP contribution in [0.3, 0.4) is 0 Å². The molecule has 0 heterocycles. The summed E-state index contributed by atoms with van der Waals surface area (Å²) in [7, 11) is 3.65. The molecule has 0 rings (SSSR count). The topological polar surface area (TPSA) is 61.5 Å². The van der Waals surface area contributed by atoms with Gasteiger partial charge in [0.05, 0.1) is 0 Å². The molecule has 0 saturated heterocycles. The summed E-state index contributed by atoms with van der Waals surface area (Å²) in [5.41, 5.74) is 0. The third-order valence-corrected chi connectivity index (χ3v) is 1.35. The highest BCUT2D eigenvalue weighted by molar-refractivity contribution is 5.67. The second-order valence-corrected chi connectivity index (χ2v) is 2.99. The molecule has 77 valence electrons. The molecule has 0 aromatic heterocycles. The summed E-state index contributed by atoms with van der Waals surface area (Å²) < 4.78 is 4.85. The van der Waals surface area contributed by atoms with Gasteiger partial charge in [-0.1, -0.05) is 0 Å². The Balaban J connectivity index is 3.76. The maximum absolute atomic E-state index is 10.9. The Morgan fingerprint density at radius 2 is 2.15 bits per heavy atom. The molecule has 0 aliphatic heterocycles. The monoisotopic (exact) mass is 189 g/mol. The van der Waals surface area contributed by atoms with Crippen LogP contribution in [-0.2, 0) is 9.84 Å². The standard InChI is InChI=1S/C8H17N2O3/c1-4-9-8(12)13-7(6-11)5-10(2)3/h7H,4-6H2,1-3H3,(H,9,12). The lowest BCUT2D eigenvalue weighted by molar-refractivity contribution is 0.0195. The van der Waals surface area contributed by atoms with Crippen LogP contribution >= 0.6 is 0 Å². The highest BCUT2D eigenvalue weighted by atomic mass is 16.6. The first-order valence-corrected chi connectivity index (χ1v) is 4.27. The molecule has 1 N–H and O–H groups in total. The summed E-state index contributed by atoms with van der Waals surface area (Å²) in [5, 5.41) is 13.0. The highest BCUT2D eigenvalue weighted by Crippen LogP contribution is 1.93. The predicted molar refractivity (Wildman–Crippen MR) is 48.1 cm³/mol. The highest BCUT2D eigenvalue weighted by Gasteiger charge is 2.13. The Labute approximate surface area is 78.7 Å². The van der Waals surface area contributed by atoms with Crippen molar-refractivity contribution in [1.82, 2.24) is 10.2 Å². The van der Waals surface area contributed by atoms with Crippen LogP contribution in [0, 0.1) is 0 Å². The fourth-order valence-corrected chi connectivity index (χ4v) is 0.869. The van der Waals surface area contributed by atoms with Gasteiger partial charge >= 0.3 is 6.09 Å². The second kappa shape index (κ2) is 6.68. The molecule has 1 atom stereocenters. The minimum atomic E-state index is -0.568. The van der Waals surface area contributed by atoms with Gasteiger partial charge in [0, 0.05) is 13.1 Å². The van der Waals surface area contributed by atoms with Crippen molar-refractivity contribution >= 4 is 6.09 Å². The van der Waals surface area contributed by atoms with Crippen LogP contribution in [0.25, 0.3) is 0 Å². The van der Waals surface area contributed by atoms with Crippen LogP contribution in [0.4, 0.5) is 4.79 Å². The van der Waals surface area contributed by atoms with E-state index >= 15 is 0 Å². The minimum Gasteiger partial charge on any atom is -0.442 e. The number of ether oxygens (including phenoxy) is 1. The lowest BCUT2D eigenvalue weighted by Gasteiger charge is -2.18. The molecule has 0 aromatic carbocycles. The molecule has 0 saturated carbocycles. The van der Waals surface area contributed by atoms with Crippen molar-refractivity contribution in [3.05, 3.63) is 0 Å². The zero-order valence-electron chi connectivity index (χ0n) is 8.37. The summed E-state index contributed by atoms with van der Waals surface area (Å²) >= 11 is 0. The molecule has 0 aliphatic carbocycles. The van der Waals surface area contributed by atoms with Crippen LogP contribution in [0.2, 0.25) is 0 Å². The molecule has 0 aliphatic rings. The number of hydrogen-bond acceptors (Lipinski definition) is 3. The van der Waals surface area contributed by atoms with Crippen LogP contribution in [0.15, 0.2) is 0 Å². The van der Waals surface area contributed by atoms with E-state index < -0.39 is 18.8 Å². The number of nitrogens with one attached hydrogen (secondary N) is 1. The molecule has 0 bridgehead atoms. The molecule has 1 amide bonds. The number of likely N-dealkylation sites (N-methyl/N-ethyl adjacent to an activating group) is 1. The number of alkyl carbamates (subject to hydrolysis) is 1. The van der Waals surface area contributed by atoms with Gasteiger partial charge in [-0.2, -0.15) is 0 Å². The molecule has 1 radical (unpaired) electrons. The summed E-state index contributed by atoms with van der Waals surface area (Å²) in [4.78, 5) is 12.7. The van der Waals surface area contributed by atoms with Gasteiger partial charge in [-0.05, 0) is 21.0 Å². The van der Waals surface area contributed by atoms with Crippen molar-refractivity contribution in [3.8, 4) is 0 Å². The van der Waals surface area contributed by atoms with Gasteiger partial charge in [0.1, 0.15) is 12.7 Å². The molecule has 5 nitrogen and oxygen atoms in total. The number of nitrogens with zero attached hydrogens (tertiary/aromatic N) is 1. The van der Waals surface area contributed by atoms with E-state index in [0.29, 0.717) is 13.1 Å². The summed E-state index contributed by atoms with van der Waals surface area (Å²) in [6.45, 7) is 2.35.